The Balaban J connectivity index is 1.23. The maximum absolute atomic E-state index is 14.1. The van der Waals surface area contributed by atoms with Crippen molar-refractivity contribution in [2.45, 2.75) is 24.7 Å². The molecule has 4 nitrogen and oxygen atoms in total. The van der Waals surface area contributed by atoms with Crippen LogP contribution in [0.15, 0.2) is 146 Å². The number of fused-ring (bicyclic) bond motifs is 7. The van der Waals surface area contributed by atoms with Gasteiger partial charge in [-0.2, -0.15) is 52.7 Å². The van der Waals surface area contributed by atoms with Crippen LogP contribution in [0.3, 0.4) is 0 Å². The van der Waals surface area contributed by atoms with Gasteiger partial charge in [-0.05, 0) is 103 Å². The van der Waals surface area contributed by atoms with Crippen molar-refractivity contribution in [2.75, 3.05) is 0 Å². The molecule has 1 aliphatic rings. The van der Waals surface area contributed by atoms with Gasteiger partial charge in [0.1, 0.15) is 11.5 Å². The second-order valence-electron chi connectivity index (χ2n) is 15.1. The molecule has 0 bridgehead atoms. The van der Waals surface area contributed by atoms with Crippen LogP contribution < -0.4 is 9.05 Å². The number of benzene rings is 8. The SMILES string of the molecule is O=P1(O)Oc2c(-c3ccc(-c4cc(C(F)(F)F)cc(C(F)(F)F)c4)cc3)cc3ccccc3c2-c2c(c(-c3ccc(-c4cc(C(F)(F)F)cc(C(F)(F)F)c4)cc3)cc3ccccc23)O1. The molecule has 17 heteroatoms. The Hall–Kier alpha value is -6.77. The molecule has 9 rings (SSSR count). The first kappa shape index (κ1) is 43.5. The average molecular weight is 925 g/mol. The zero-order chi connectivity index (χ0) is 46.4. The van der Waals surface area contributed by atoms with Gasteiger partial charge in [0.15, 0.2) is 0 Å². The summed E-state index contributed by atoms with van der Waals surface area (Å²) in [6.45, 7) is 0. The third kappa shape index (κ3) is 8.28. The predicted octanol–water partition coefficient (Wildman–Crippen LogP) is 16.3. The third-order valence-electron chi connectivity index (χ3n) is 10.9. The van der Waals surface area contributed by atoms with E-state index in [-0.39, 0.29) is 79.3 Å². The van der Waals surface area contributed by atoms with Crippen LogP contribution in [0, 0.1) is 0 Å². The van der Waals surface area contributed by atoms with Gasteiger partial charge in [0.25, 0.3) is 0 Å². The summed E-state index contributed by atoms with van der Waals surface area (Å²) < 4.78 is 190. The minimum atomic E-state index is -5.17. The Morgan fingerprint density at radius 1 is 0.369 bits per heavy atom. The molecule has 0 fully saturated rings. The van der Waals surface area contributed by atoms with Gasteiger partial charge in [0, 0.05) is 22.3 Å². The highest BCUT2D eigenvalue weighted by atomic mass is 31.2. The summed E-state index contributed by atoms with van der Waals surface area (Å²) in [5, 5.41) is 2.14. The van der Waals surface area contributed by atoms with E-state index in [1.54, 1.807) is 60.7 Å². The standard InChI is InChI=1S/C48H25F12O4P/c49-45(50,51)33-17-31(18-34(23-33)46(52,53)54)25-9-13-27(14-10-25)39-21-29-5-1-3-7-37(29)41-42-38-8-4-2-6-30(38)22-40(44(42)64-65(61,62)63-43(39)41)28-15-11-26(12-16-28)32-19-35(47(55,56)57)24-36(20-32)48(58,59)60/h1-24H,(H,61,62). The third-order valence-corrected chi connectivity index (χ3v) is 11.7. The van der Waals surface area contributed by atoms with E-state index in [0.29, 0.717) is 45.8 Å². The van der Waals surface area contributed by atoms with Crippen molar-refractivity contribution in [2.24, 2.45) is 0 Å². The minimum Gasteiger partial charge on any atom is -0.394 e. The lowest BCUT2D eigenvalue weighted by molar-refractivity contribution is -0.144. The minimum absolute atomic E-state index is 0.00448. The predicted molar refractivity (Wildman–Crippen MR) is 220 cm³/mol. The Kier molecular flexibility index (Phi) is 10.1. The first-order valence-corrected chi connectivity index (χ1v) is 20.6. The molecule has 8 aromatic rings. The van der Waals surface area contributed by atoms with Crippen molar-refractivity contribution in [3.05, 3.63) is 168 Å². The highest BCUT2D eigenvalue weighted by Gasteiger charge is 2.40. The molecule has 1 N–H and O–H groups in total. The highest BCUT2D eigenvalue weighted by Crippen LogP contribution is 2.61. The molecule has 8 aromatic carbocycles. The second kappa shape index (κ2) is 15.2. The van der Waals surface area contributed by atoms with Gasteiger partial charge < -0.3 is 9.05 Å². The molecule has 0 unspecified atom stereocenters. The van der Waals surface area contributed by atoms with E-state index in [0.717, 1.165) is 0 Å². The molecule has 0 saturated carbocycles. The van der Waals surface area contributed by atoms with Gasteiger partial charge in [0.05, 0.1) is 22.3 Å². The fourth-order valence-electron chi connectivity index (χ4n) is 7.95. The van der Waals surface area contributed by atoms with E-state index >= 15 is 0 Å². The van der Waals surface area contributed by atoms with E-state index in [2.05, 4.69) is 0 Å². The van der Waals surface area contributed by atoms with E-state index in [9.17, 15) is 62.1 Å². The van der Waals surface area contributed by atoms with E-state index in [1.165, 1.54) is 48.5 Å². The summed E-state index contributed by atoms with van der Waals surface area (Å²) in [5.74, 6) is -0.329. The van der Waals surface area contributed by atoms with Crippen LogP contribution in [-0.2, 0) is 29.3 Å². The lowest BCUT2D eigenvalue weighted by Gasteiger charge is -2.19. The van der Waals surface area contributed by atoms with Crippen LogP contribution >= 0.6 is 7.82 Å². The summed E-state index contributed by atoms with van der Waals surface area (Å²) in [6.07, 6.45) is -20.3. The number of alkyl halides is 12. The fraction of sp³-hybridized carbons (Fsp3) is 0.0833. The highest BCUT2D eigenvalue weighted by molar-refractivity contribution is 7.48. The number of phosphoric ester groups is 1. The molecule has 330 valence electrons. The molecular formula is C48H25F12O4P. The van der Waals surface area contributed by atoms with Crippen molar-refractivity contribution in [3.63, 3.8) is 0 Å². The van der Waals surface area contributed by atoms with Crippen molar-refractivity contribution < 1.29 is 71.2 Å². The van der Waals surface area contributed by atoms with Crippen LogP contribution in [0.2, 0.25) is 0 Å². The quantitative estimate of drug-likeness (QED) is 0.141. The molecule has 0 atom stereocenters. The molecule has 1 aliphatic heterocycles. The molecule has 0 aromatic heterocycles. The lowest BCUT2D eigenvalue weighted by atomic mass is 9.86. The van der Waals surface area contributed by atoms with Crippen LogP contribution in [0.25, 0.3) is 77.2 Å². The summed E-state index contributed by atoms with van der Waals surface area (Å²) in [5.41, 5.74) is -5.32. The Bertz CT molecular complexity index is 2970. The monoisotopic (exact) mass is 924 g/mol. The Morgan fingerprint density at radius 2 is 0.662 bits per heavy atom. The van der Waals surface area contributed by atoms with Crippen molar-refractivity contribution in [3.8, 4) is 67.1 Å². The van der Waals surface area contributed by atoms with Crippen molar-refractivity contribution >= 4 is 29.4 Å². The van der Waals surface area contributed by atoms with Gasteiger partial charge in [-0.15, -0.1) is 0 Å². The van der Waals surface area contributed by atoms with Crippen molar-refractivity contribution in [1.82, 2.24) is 0 Å². The van der Waals surface area contributed by atoms with E-state index < -0.39 is 54.8 Å². The van der Waals surface area contributed by atoms with Gasteiger partial charge in [-0.3, -0.25) is 4.89 Å². The molecule has 0 spiro atoms. The summed E-state index contributed by atoms with van der Waals surface area (Å²) in [4.78, 5) is 11.4. The molecule has 0 amide bonds. The van der Waals surface area contributed by atoms with Crippen LogP contribution in [0.1, 0.15) is 22.3 Å². The van der Waals surface area contributed by atoms with Gasteiger partial charge >= 0.3 is 32.5 Å². The Labute approximate surface area is 359 Å². The topological polar surface area (TPSA) is 55.8 Å². The van der Waals surface area contributed by atoms with E-state index in [1.807, 2.05) is 0 Å². The van der Waals surface area contributed by atoms with E-state index in [4.69, 9.17) is 9.05 Å². The molecule has 0 saturated heterocycles. The van der Waals surface area contributed by atoms with Crippen molar-refractivity contribution in [1.29, 1.82) is 0 Å². The number of phosphoric acid groups is 1. The second-order valence-corrected chi connectivity index (χ2v) is 16.4. The summed E-state index contributed by atoms with van der Waals surface area (Å²) in [6, 6.07) is 30.2. The number of rotatable bonds is 4. The Morgan fingerprint density at radius 3 is 0.969 bits per heavy atom. The van der Waals surface area contributed by atoms with Crippen LogP contribution in [0.5, 0.6) is 11.5 Å². The molecule has 65 heavy (non-hydrogen) atoms. The van der Waals surface area contributed by atoms with Crippen LogP contribution in [0.4, 0.5) is 52.7 Å². The van der Waals surface area contributed by atoms with Gasteiger partial charge in [0.2, 0.25) is 0 Å². The normalized spacial score (nSPS) is 14.0. The summed E-state index contributed by atoms with van der Waals surface area (Å²) in [7, 11) is -5.17. The molecular weight excluding hydrogens is 899 g/mol. The first-order valence-electron chi connectivity index (χ1n) is 19.1. The summed E-state index contributed by atoms with van der Waals surface area (Å²) >= 11 is 0. The zero-order valence-corrected chi connectivity index (χ0v) is 33.4. The number of halogens is 12. The number of hydrogen-bond acceptors (Lipinski definition) is 3. The lowest BCUT2D eigenvalue weighted by Crippen LogP contribution is -2.11. The molecule has 1 heterocycles. The fourth-order valence-corrected chi connectivity index (χ4v) is 8.83. The average Bonchev–Trinajstić information content (AvgIpc) is 3.38. The number of hydrogen-bond donors (Lipinski definition) is 1. The van der Waals surface area contributed by atoms with Gasteiger partial charge in [-0.25, -0.2) is 4.57 Å². The maximum Gasteiger partial charge on any atom is 0.584 e. The molecule has 0 radical (unpaired) electrons. The molecule has 0 aliphatic carbocycles. The maximum atomic E-state index is 14.1. The van der Waals surface area contributed by atoms with Gasteiger partial charge in [-0.1, -0.05) is 97.1 Å². The smallest absolute Gasteiger partial charge is 0.394 e. The zero-order valence-electron chi connectivity index (χ0n) is 32.5. The largest absolute Gasteiger partial charge is 0.584 e. The van der Waals surface area contributed by atoms with Crippen LogP contribution in [-0.4, -0.2) is 4.89 Å². The first-order chi connectivity index (χ1) is 30.4.